The molecule has 2 atom stereocenters. The van der Waals surface area contributed by atoms with Crippen LogP contribution < -0.4 is 5.73 Å². The van der Waals surface area contributed by atoms with E-state index in [0.717, 1.165) is 25.7 Å². The zero-order valence-electron chi connectivity index (χ0n) is 6.97. The van der Waals surface area contributed by atoms with Crippen LogP contribution in [0.2, 0.25) is 0 Å². The average molecular weight is 144 g/mol. The molecule has 0 saturated heterocycles. The highest BCUT2D eigenvalue weighted by Crippen LogP contribution is 2.05. The molecule has 1 radical (unpaired) electrons. The lowest BCUT2D eigenvalue weighted by atomic mass is 10.0. The van der Waals surface area contributed by atoms with Crippen LogP contribution in [0.1, 0.15) is 39.5 Å². The number of hydrogen-bond acceptors (Lipinski definition) is 1. The highest BCUT2D eigenvalue weighted by atomic mass is 16.3. The summed E-state index contributed by atoms with van der Waals surface area (Å²) >= 11 is 0. The first kappa shape index (κ1) is 9.92. The van der Waals surface area contributed by atoms with Crippen LogP contribution in [-0.4, -0.2) is 12.1 Å². The molecule has 0 fully saturated rings. The van der Waals surface area contributed by atoms with Gasteiger partial charge in [-0.25, -0.2) is 5.11 Å². The molecule has 0 spiro atoms. The fourth-order valence-electron chi connectivity index (χ4n) is 1.02. The summed E-state index contributed by atoms with van der Waals surface area (Å²) in [6, 6.07) is -0.120. The molecule has 0 aromatic heterocycles. The second kappa shape index (κ2) is 5.69. The zero-order valence-corrected chi connectivity index (χ0v) is 6.97. The third kappa shape index (κ3) is 3.85. The van der Waals surface area contributed by atoms with Gasteiger partial charge in [0.2, 0.25) is 0 Å². The van der Waals surface area contributed by atoms with Crippen LogP contribution in [0.3, 0.4) is 0 Å². The maximum atomic E-state index is 11.1. The van der Waals surface area contributed by atoms with Crippen molar-refractivity contribution in [1.82, 2.24) is 0 Å². The van der Waals surface area contributed by atoms with Crippen LogP contribution in [-0.2, 0) is 5.11 Å². The minimum absolute atomic E-state index is 0.120. The Balaban J connectivity index is 3.38. The van der Waals surface area contributed by atoms with Gasteiger partial charge >= 0.3 is 0 Å². The van der Waals surface area contributed by atoms with Gasteiger partial charge in [0.25, 0.3) is 0 Å². The molecule has 61 valence electrons. The second-order valence-corrected chi connectivity index (χ2v) is 2.78. The first-order valence-corrected chi connectivity index (χ1v) is 4.13. The molecule has 0 amide bonds. The standard InChI is InChI=1S/C8H18NO/c1-3-5-7(9)8(10)6-4-2/h7-8H,3-6,9H2,1-2H3. The van der Waals surface area contributed by atoms with E-state index >= 15 is 0 Å². The van der Waals surface area contributed by atoms with Gasteiger partial charge in [-0.1, -0.05) is 26.7 Å². The molecule has 0 saturated carbocycles. The van der Waals surface area contributed by atoms with E-state index in [0.29, 0.717) is 0 Å². The maximum Gasteiger partial charge on any atom is 0.108 e. The van der Waals surface area contributed by atoms with Crippen LogP contribution in [0.25, 0.3) is 0 Å². The molecule has 2 heteroatoms. The zero-order chi connectivity index (χ0) is 7.98. The summed E-state index contributed by atoms with van der Waals surface area (Å²) in [5.41, 5.74) is 5.60. The predicted molar refractivity (Wildman–Crippen MR) is 42.3 cm³/mol. The highest BCUT2D eigenvalue weighted by Gasteiger charge is 2.13. The lowest BCUT2D eigenvalue weighted by Crippen LogP contribution is -2.33. The molecule has 2 nitrogen and oxygen atoms in total. The smallest absolute Gasteiger partial charge is 0.108 e. The minimum atomic E-state index is -0.537. The van der Waals surface area contributed by atoms with Gasteiger partial charge in [0.05, 0.1) is 0 Å². The van der Waals surface area contributed by atoms with Gasteiger partial charge in [-0.05, 0) is 12.8 Å². The number of nitrogens with two attached hydrogens (primary N) is 1. The Labute approximate surface area is 63.4 Å². The topological polar surface area (TPSA) is 45.9 Å². The van der Waals surface area contributed by atoms with Gasteiger partial charge in [0.1, 0.15) is 6.10 Å². The molecule has 0 rings (SSSR count). The Bertz CT molecular complexity index is 65.7. The molecule has 0 aromatic rings. The predicted octanol–water partition coefficient (Wildman–Crippen LogP) is 1.71. The maximum absolute atomic E-state index is 11.1. The van der Waals surface area contributed by atoms with E-state index in [1.54, 1.807) is 0 Å². The molecule has 0 bridgehead atoms. The summed E-state index contributed by atoms with van der Waals surface area (Å²) in [4.78, 5) is 0. The minimum Gasteiger partial charge on any atom is -0.325 e. The van der Waals surface area contributed by atoms with E-state index in [2.05, 4.69) is 6.92 Å². The Hall–Kier alpha value is -0.0800. The third-order valence-electron chi connectivity index (χ3n) is 1.67. The van der Waals surface area contributed by atoms with Crippen molar-refractivity contribution >= 4 is 0 Å². The quantitative estimate of drug-likeness (QED) is 0.627. The lowest BCUT2D eigenvalue weighted by molar-refractivity contribution is 0.0552. The van der Waals surface area contributed by atoms with E-state index in [9.17, 15) is 5.11 Å². The molecular weight excluding hydrogens is 126 g/mol. The van der Waals surface area contributed by atoms with E-state index in [4.69, 9.17) is 5.73 Å². The van der Waals surface area contributed by atoms with Crippen LogP contribution in [0, 0.1) is 0 Å². The number of rotatable bonds is 5. The highest BCUT2D eigenvalue weighted by molar-refractivity contribution is 4.69. The van der Waals surface area contributed by atoms with Crippen LogP contribution in [0.5, 0.6) is 0 Å². The van der Waals surface area contributed by atoms with Crippen LogP contribution in [0.15, 0.2) is 0 Å². The largest absolute Gasteiger partial charge is 0.325 e. The first-order chi connectivity index (χ1) is 4.72. The first-order valence-electron chi connectivity index (χ1n) is 4.13. The Kier molecular flexibility index (Phi) is 5.64. The summed E-state index contributed by atoms with van der Waals surface area (Å²) < 4.78 is 0. The summed E-state index contributed by atoms with van der Waals surface area (Å²) in [6.45, 7) is 4.07. The summed E-state index contributed by atoms with van der Waals surface area (Å²) in [5.74, 6) is 0. The van der Waals surface area contributed by atoms with E-state index in [-0.39, 0.29) is 6.04 Å². The summed E-state index contributed by atoms with van der Waals surface area (Å²) in [5, 5.41) is 11.1. The Morgan fingerprint density at radius 1 is 1.20 bits per heavy atom. The molecule has 0 heterocycles. The SMILES string of the molecule is CCCC(N)C([O])CCC. The molecular formula is C8H18NO. The lowest BCUT2D eigenvalue weighted by Gasteiger charge is -2.14. The molecule has 0 aliphatic heterocycles. The van der Waals surface area contributed by atoms with Crippen molar-refractivity contribution in [3.05, 3.63) is 0 Å². The van der Waals surface area contributed by atoms with Crippen LogP contribution >= 0.6 is 0 Å². The van der Waals surface area contributed by atoms with Gasteiger partial charge < -0.3 is 5.73 Å². The van der Waals surface area contributed by atoms with Gasteiger partial charge in [-0.3, -0.25) is 0 Å². The van der Waals surface area contributed by atoms with Crippen molar-refractivity contribution in [2.45, 2.75) is 51.7 Å². The summed E-state index contributed by atoms with van der Waals surface area (Å²) in [6.07, 6.45) is 3.02. The van der Waals surface area contributed by atoms with Crippen molar-refractivity contribution in [1.29, 1.82) is 0 Å². The van der Waals surface area contributed by atoms with Crippen LogP contribution in [0.4, 0.5) is 0 Å². The van der Waals surface area contributed by atoms with Gasteiger partial charge in [-0.2, -0.15) is 0 Å². The Morgan fingerprint density at radius 3 is 2.10 bits per heavy atom. The number of hydrogen-bond donors (Lipinski definition) is 1. The van der Waals surface area contributed by atoms with E-state index in [1.807, 2.05) is 6.92 Å². The fraction of sp³-hybridized carbons (Fsp3) is 1.00. The monoisotopic (exact) mass is 144 g/mol. The second-order valence-electron chi connectivity index (χ2n) is 2.78. The average Bonchev–Trinajstić information content (AvgIpc) is 1.89. The van der Waals surface area contributed by atoms with Crippen molar-refractivity contribution in [3.8, 4) is 0 Å². The molecule has 0 aliphatic rings. The van der Waals surface area contributed by atoms with E-state index in [1.165, 1.54) is 0 Å². The van der Waals surface area contributed by atoms with Crippen molar-refractivity contribution in [2.75, 3.05) is 0 Å². The molecule has 10 heavy (non-hydrogen) atoms. The van der Waals surface area contributed by atoms with Gasteiger partial charge in [0.15, 0.2) is 0 Å². The molecule has 2 N–H and O–H groups in total. The van der Waals surface area contributed by atoms with Gasteiger partial charge in [0, 0.05) is 6.04 Å². The third-order valence-corrected chi connectivity index (χ3v) is 1.67. The van der Waals surface area contributed by atoms with Crippen molar-refractivity contribution in [2.24, 2.45) is 5.73 Å². The Morgan fingerprint density at radius 2 is 1.70 bits per heavy atom. The molecule has 0 aromatic carbocycles. The molecule has 2 unspecified atom stereocenters. The fourth-order valence-corrected chi connectivity index (χ4v) is 1.02. The van der Waals surface area contributed by atoms with Gasteiger partial charge in [-0.15, -0.1) is 0 Å². The summed E-state index contributed by atoms with van der Waals surface area (Å²) in [7, 11) is 0. The normalized spacial score (nSPS) is 16.8. The van der Waals surface area contributed by atoms with E-state index < -0.39 is 6.10 Å². The van der Waals surface area contributed by atoms with Crippen molar-refractivity contribution < 1.29 is 5.11 Å². The van der Waals surface area contributed by atoms with Crippen molar-refractivity contribution in [3.63, 3.8) is 0 Å². The molecule has 0 aliphatic carbocycles.